The van der Waals surface area contributed by atoms with Gasteiger partial charge >= 0.3 is 0 Å². The molecule has 70 heavy (non-hydrogen) atoms. The molecule has 4 unspecified atom stereocenters. The molecule has 3 heterocycles. The van der Waals surface area contributed by atoms with Crippen molar-refractivity contribution in [2.75, 3.05) is 0 Å². The van der Waals surface area contributed by atoms with Crippen LogP contribution in [0.1, 0.15) is 96.7 Å². The number of nitrogens with zero attached hydrogens (tertiary/aromatic N) is 2. The van der Waals surface area contributed by atoms with Crippen molar-refractivity contribution in [2.45, 2.75) is 57.8 Å². The standard InChI is InChI=1S/C66H52N2O2/c1-4-42-38-58(67-66(68-65(42)45-21-12-7-13-22-45)48-28-31-53-52-23-14-15-25-59(52)70-62(53)39-48)54-24-16-26-61-64(54)57-36-47(29-32-60(57)69-61)49-33-40(2)63-50(34-49)37-55(44-19-10-6-11-20-44)41(3)51-30-27-46(35-56(51)63)43-17-8-5-9-18-43/h5-36,39-41,55,63H,4,37-38H2,1-3H3. The number of aliphatic imine (C=N–C) groups is 2. The van der Waals surface area contributed by atoms with Gasteiger partial charge in [-0.05, 0) is 112 Å². The van der Waals surface area contributed by atoms with E-state index in [2.05, 4.69) is 209 Å². The maximum Gasteiger partial charge on any atom is 0.160 e. The number of benzene rings is 8. The number of fused-ring (bicyclic) bond motifs is 9. The molecule has 8 aromatic carbocycles. The van der Waals surface area contributed by atoms with Gasteiger partial charge in [-0.25, -0.2) is 9.98 Å². The molecule has 10 aromatic rings. The average molecular weight is 905 g/mol. The van der Waals surface area contributed by atoms with Gasteiger partial charge in [-0.3, -0.25) is 0 Å². The van der Waals surface area contributed by atoms with Crippen LogP contribution in [0.4, 0.5) is 0 Å². The highest BCUT2D eigenvalue weighted by Gasteiger charge is 2.37. The van der Waals surface area contributed by atoms with Crippen molar-refractivity contribution < 1.29 is 8.83 Å². The molecule has 2 aliphatic carbocycles. The third-order valence-electron chi connectivity index (χ3n) is 15.4. The number of amidine groups is 1. The molecule has 4 nitrogen and oxygen atoms in total. The molecule has 0 saturated carbocycles. The van der Waals surface area contributed by atoms with Crippen LogP contribution in [0.25, 0.3) is 66.3 Å². The summed E-state index contributed by atoms with van der Waals surface area (Å²) >= 11 is 0. The van der Waals surface area contributed by atoms with Crippen molar-refractivity contribution >= 4 is 66.7 Å². The SMILES string of the molecule is CCC1=C(c2ccccc2)N=C(c2ccc3c(c2)oc2ccccc23)N=C(c2cccc3oc4ccc(C5=CC(C)C6C(=C5)CC(c5ccccc5)C(C)c5ccc(-c7ccccc7)cc56)cc4c23)C1. The third kappa shape index (κ3) is 7.20. The molecule has 2 aromatic heterocycles. The minimum absolute atomic E-state index is 0.280. The number of furan rings is 2. The number of rotatable bonds is 7. The van der Waals surface area contributed by atoms with Crippen LogP contribution in [-0.2, 0) is 0 Å². The van der Waals surface area contributed by atoms with E-state index in [0.717, 1.165) is 84.8 Å². The van der Waals surface area contributed by atoms with E-state index in [0.29, 0.717) is 24.1 Å². The van der Waals surface area contributed by atoms with E-state index in [9.17, 15) is 0 Å². The van der Waals surface area contributed by atoms with Crippen LogP contribution in [0.15, 0.2) is 230 Å². The third-order valence-corrected chi connectivity index (χ3v) is 15.4. The molecule has 0 bridgehead atoms. The molecule has 0 fully saturated rings. The predicted molar refractivity (Wildman–Crippen MR) is 291 cm³/mol. The molecule has 4 heteroatoms. The largest absolute Gasteiger partial charge is 0.456 e. The zero-order valence-electron chi connectivity index (χ0n) is 39.7. The predicted octanol–water partition coefficient (Wildman–Crippen LogP) is 17.6. The smallest absolute Gasteiger partial charge is 0.160 e. The lowest BCUT2D eigenvalue weighted by Gasteiger charge is -2.31. The highest BCUT2D eigenvalue weighted by Crippen LogP contribution is 2.53. The van der Waals surface area contributed by atoms with Crippen LogP contribution < -0.4 is 0 Å². The van der Waals surface area contributed by atoms with Crippen molar-refractivity contribution in [2.24, 2.45) is 15.9 Å². The Morgan fingerprint density at radius 1 is 0.529 bits per heavy atom. The van der Waals surface area contributed by atoms with Gasteiger partial charge in [0.25, 0.3) is 0 Å². The van der Waals surface area contributed by atoms with Crippen molar-refractivity contribution in [1.82, 2.24) is 0 Å². The molecular formula is C66H52N2O2. The Morgan fingerprint density at radius 2 is 1.21 bits per heavy atom. The Morgan fingerprint density at radius 3 is 2.03 bits per heavy atom. The summed E-state index contributed by atoms with van der Waals surface area (Å²) in [6.07, 6.45) is 7.53. The second kappa shape index (κ2) is 17.2. The zero-order chi connectivity index (χ0) is 46.9. The van der Waals surface area contributed by atoms with Crippen molar-refractivity contribution in [3.05, 3.63) is 250 Å². The van der Waals surface area contributed by atoms with Gasteiger partial charge in [0.1, 0.15) is 22.3 Å². The van der Waals surface area contributed by atoms with Crippen molar-refractivity contribution in [3.63, 3.8) is 0 Å². The van der Waals surface area contributed by atoms with Gasteiger partial charge in [-0.15, -0.1) is 0 Å². The molecule has 13 rings (SSSR count). The summed E-state index contributed by atoms with van der Waals surface area (Å²) in [7, 11) is 0. The van der Waals surface area contributed by atoms with Gasteiger partial charge in [0.05, 0.1) is 11.4 Å². The van der Waals surface area contributed by atoms with Gasteiger partial charge in [0.15, 0.2) is 5.84 Å². The molecule has 0 spiro atoms. The molecule has 0 saturated heterocycles. The molecule has 4 atom stereocenters. The lowest BCUT2D eigenvalue weighted by atomic mass is 9.73. The minimum atomic E-state index is 0.280. The second-order valence-electron chi connectivity index (χ2n) is 19.5. The van der Waals surface area contributed by atoms with E-state index >= 15 is 0 Å². The van der Waals surface area contributed by atoms with Crippen LogP contribution in [0.5, 0.6) is 0 Å². The van der Waals surface area contributed by atoms with Crippen molar-refractivity contribution in [3.8, 4) is 11.1 Å². The van der Waals surface area contributed by atoms with Crippen molar-refractivity contribution in [1.29, 1.82) is 0 Å². The topological polar surface area (TPSA) is 51.0 Å². The summed E-state index contributed by atoms with van der Waals surface area (Å²) in [5, 5.41) is 4.35. The number of hydrogen-bond acceptors (Lipinski definition) is 4. The Kier molecular flexibility index (Phi) is 10.3. The first-order valence-electron chi connectivity index (χ1n) is 24.9. The Labute approximate surface area is 408 Å². The van der Waals surface area contributed by atoms with E-state index in [1.165, 1.54) is 50.1 Å². The Hall–Kier alpha value is -8.08. The van der Waals surface area contributed by atoms with Gasteiger partial charge in [-0.1, -0.05) is 190 Å². The Balaban J connectivity index is 0.941. The second-order valence-corrected chi connectivity index (χ2v) is 19.5. The molecule has 3 aliphatic rings. The van der Waals surface area contributed by atoms with E-state index in [-0.39, 0.29) is 11.8 Å². The van der Waals surface area contributed by atoms with E-state index in [1.807, 2.05) is 12.1 Å². The van der Waals surface area contributed by atoms with Crippen LogP contribution in [0.2, 0.25) is 0 Å². The quantitative estimate of drug-likeness (QED) is 0.160. The summed E-state index contributed by atoms with van der Waals surface area (Å²) in [6, 6.07) is 67.6. The molecular weight excluding hydrogens is 853 g/mol. The highest BCUT2D eigenvalue weighted by molar-refractivity contribution is 6.24. The number of hydrogen-bond donors (Lipinski definition) is 0. The van der Waals surface area contributed by atoms with Crippen LogP contribution in [0.3, 0.4) is 0 Å². The van der Waals surface area contributed by atoms with E-state index in [1.54, 1.807) is 0 Å². The minimum Gasteiger partial charge on any atom is -0.456 e. The van der Waals surface area contributed by atoms with Crippen LogP contribution in [-0.4, -0.2) is 11.5 Å². The lowest BCUT2D eigenvalue weighted by Crippen LogP contribution is -2.15. The zero-order valence-corrected chi connectivity index (χ0v) is 39.7. The molecule has 338 valence electrons. The molecule has 0 radical (unpaired) electrons. The van der Waals surface area contributed by atoms with Crippen LogP contribution >= 0.6 is 0 Å². The van der Waals surface area contributed by atoms with Gasteiger partial charge in [0, 0.05) is 50.6 Å². The fourth-order valence-electron chi connectivity index (χ4n) is 11.9. The molecule has 0 amide bonds. The molecule has 0 N–H and O–H groups in total. The average Bonchev–Trinajstić information content (AvgIpc) is 3.87. The maximum atomic E-state index is 6.73. The number of allylic oxidation sites excluding steroid dienone is 5. The van der Waals surface area contributed by atoms with E-state index in [4.69, 9.17) is 18.8 Å². The first-order chi connectivity index (χ1) is 34.5. The summed E-state index contributed by atoms with van der Waals surface area (Å²) in [4.78, 5) is 11.0. The monoisotopic (exact) mass is 904 g/mol. The van der Waals surface area contributed by atoms with Crippen LogP contribution in [0, 0.1) is 5.92 Å². The summed E-state index contributed by atoms with van der Waals surface area (Å²) in [5.41, 5.74) is 20.5. The fourth-order valence-corrected chi connectivity index (χ4v) is 11.9. The lowest BCUT2D eigenvalue weighted by molar-refractivity contribution is 0.552. The Bertz CT molecular complexity index is 3840. The van der Waals surface area contributed by atoms with Gasteiger partial charge in [-0.2, -0.15) is 0 Å². The van der Waals surface area contributed by atoms with Gasteiger partial charge < -0.3 is 8.83 Å². The summed E-state index contributed by atoms with van der Waals surface area (Å²) in [6.45, 7) is 7.10. The molecule has 1 aliphatic heterocycles. The fraction of sp³-hybridized carbons (Fsp3) is 0.152. The summed E-state index contributed by atoms with van der Waals surface area (Å²) < 4.78 is 13.1. The first kappa shape index (κ1) is 42.1. The first-order valence-corrected chi connectivity index (χ1v) is 24.9. The maximum absolute atomic E-state index is 6.73. The normalized spacial score (nSPS) is 19.3. The summed E-state index contributed by atoms with van der Waals surface area (Å²) in [5.74, 6) is 1.93. The number of para-hydroxylation sites is 1. The highest BCUT2D eigenvalue weighted by atomic mass is 16.3. The van der Waals surface area contributed by atoms with E-state index < -0.39 is 0 Å². The van der Waals surface area contributed by atoms with Gasteiger partial charge in [0.2, 0.25) is 0 Å².